The maximum absolute atomic E-state index is 9.99. The van der Waals surface area contributed by atoms with E-state index in [1.165, 1.54) is 0 Å². The normalized spacial score (nSPS) is 29.8. The molecule has 0 aromatic carbocycles. The first-order chi connectivity index (χ1) is 8.46. The molecule has 0 bridgehead atoms. The fourth-order valence-electron chi connectivity index (χ4n) is 1.82. The van der Waals surface area contributed by atoms with Crippen molar-refractivity contribution in [2.24, 2.45) is 0 Å². The third-order valence-electron chi connectivity index (χ3n) is 3.61. The van der Waals surface area contributed by atoms with Crippen LogP contribution in [0.15, 0.2) is 0 Å². The first-order valence-electron chi connectivity index (χ1n) is 7.04. The van der Waals surface area contributed by atoms with Gasteiger partial charge in [0.15, 0.2) is 0 Å². The van der Waals surface area contributed by atoms with Gasteiger partial charge in [-0.2, -0.15) is 0 Å². The van der Waals surface area contributed by atoms with Crippen LogP contribution in [0, 0.1) is 0 Å². The highest BCUT2D eigenvalue weighted by atomic mass is 16.6. The molecule has 0 saturated carbocycles. The molecule has 4 heteroatoms. The fraction of sp³-hybridized carbons (Fsp3) is 1.00. The summed E-state index contributed by atoms with van der Waals surface area (Å²) >= 11 is 0. The molecule has 1 rings (SSSR count). The molecule has 0 aromatic rings. The van der Waals surface area contributed by atoms with Crippen LogP contribution in [0.4, 0.5) is 0 Å². The van der Waals surface area contributed by atoms with Crippen LogP contribution in [0.5, 0.6) is 0 Å². The lowest BCUT2D eigenvalue weighted by molar-refractivity contribution is -0.170. The fourth-order valence-corrected chi connectivity index (χ4v) is 1.82. The molecule has 4 unspecified atom stereocenters. The third kappa shape index (κ3) is 5.65. The molecule has 1 heterocycles. The summed E-state index contributed by atoms with van der Waals surface area (Å²) in [5.41, 5.74) is -0.659. The van der Waals surface area contributed by atoms with Crippen LogP contribution in [-0.4, -0.2) is 48.8 Å². The predicted molar refractivity (Wildman–Crippen MR) is 70.7 cm³/mol. The molecular weight excluding hydrogens is 232 g/mol. The molecule has 4 atom stereocenters. The van der Waals surface area contributed by atoms with Crippen LogP contribution in [-0.2, 0) is 14.2 Å². The van der Waals surface area contributed by atoms with Gasteiger partial charge in [0.25, 0.3) is 0 Å². The van der Waals surface area contributed by atoms with Gasteiger partial charge in [-0.25, -0.2) is 0 Å². The first-order valence-corrected chi connectivity index (χ1v) is 7.04. The monoisotopic (exact) mass is 260 g/mol. The quantitative estimate of drug-likeness (QED) is 0.762. The lowest BCUT2D eigenvalue weighted by atomic mass is 9.95. The highest BCUT2D eigenvalue weighted by Crippen LogP contribution is 2.21. The highest BCUT2D eigenvalue weighted by Gasteiger charge is 2.29. The molecule has 1 fully saturated rings. The van der Waals surface area contributed by atoms with Gasteiger partial charge in [-0.05, 0) is 26.7 Å². The Kier molecular flexibility index (Phi) is 6.57. The Bertz CT molecular complexity index is 222. The second kappa shape index (κ2) is 7.43. The summed E-state index contributed by atoms with van der Waals surface area (Å²) in [6.07, 6.45) is 2.67. The lowest BCUT2D eigenvalue weighted by Crippen LogP contribution is -2.42. The Labute approximate surface area is 111 Å². The van der Waals surface area contributed by atoms with Crippen LogP contribution in [0.2, 0.25) is 0 Å². The molecule has 108 valence electrons. The van der Waals surface area contributed by atoms with Crippen molar-refractivity contribution >= 4 is 0 Å². The molecule has 0 aliphatic carbocycles. The van der Waals surface area contributed by atoms with Gasteiger partial charge in [0, 0.05) is 6.42 Å². The van der Waals surface area contributed by atoms with Crippen molar-refractivity contribution in [3.63, 3.8) is 0 Å². The number of rotatable bonds is 7. The van der Waals surface area contributed by atoms with Gasteiger partial charge in [-0.15, -0.1) is 0 Å². The Morgan fingerprint density at radius 1 is 1.28 bits per heavy atom. The Hall–Kier alpha value is -0.160. The van der Waals surface area contributed by atoms with Crippen molar-refractivity contribution in [2.45, 2.75) is 70.9 Å². The summed E-state index contributed by atoms with van der Waals surface area (Å²) in [5, 5.41) is 9.99. The van der Waals surface area contributed by atoms with Crippen molar-refractivity contribution < 1.29 is 19.3 Å². The second-order valence-electron chi connectivity index (χ2n) is 5.52. The SMILES string of the molecule is CCC(C)OCC1COC(CC(C)(O)CC)CO1. The molecule has 1 aliphatic rings. The number of aliphatic hydroxyl groups is 1. The van der Waals surface area contributed by atoms with Crippen molar-refractivity contribution in [3.05, 3.63) is 0 Å². The summed E-state index contributed by atoms with van der Waals surface area (Å²) in [4.78, 5) is 0. The van der Waals surface area contributed by atoms with E-state index < -0.39 is 5.60 Å². The standard InChI is InChI=1S/C14H28O4/c1-5-11(3)16-9-13-10-17-12(8-18-13)7-14(4,15)6-2/h11-13,15H,5-10H2,1-4H3. The molecule has 1 saturated heterocycles. The molecule has 0 amide bonds. The van der Waals surface area contributed by atoms with Crippen LogP contribution < -0.4 is 0 Å². The topological polar surface area (TPSA) is 47.9 Å². The van der Waals surface area contributed by atoms with Gasteiger partial charge < -0.3 is 19.3 Å². The summed E-state index contributed by atoms with van der Waals surface area (Å²) in [5.74, 6) is 0. The highest BCUT2D eigenvalue weighted by molar-refractivity contribution is 4.78. The zero-order valence-electron chi connectivity index (χ0n) is 12.1. The van der Waals surface area contributed by atoms with Crippen LogP contribution in [0.3, 0.4) is 0 Å². The molecule has 0 aromatic heterocycles. The van der Waals surface area contributed by atoms with E-state index in [9.17, 15) is 5.11 Å². The minimum absolute atomic E-state index is 0.000186. The number of hydrogen-bond donors (Lipinski definition) is 1. The zero-order valence-corrected chi connectivity index (χ0v) is 12.1. The summed E-state index contributed by atoms with van der Waals surface area (Å²) < 4.78 is 17.1. The smallest absolute Gasteiger partial charge is 0.104 e. The van der Waals surface area contributed by atoms with Crippen LogP contribution in [0.25, 0.3) is 0 Å². The molecule has 0 radical (unpaired) electrons. The Morgan fingerprint density at radius 2 is 1.89 bits per heavy atom. The van der Waals surface area contributed by atoms with Crippen molar-refractivity contribution in [3.8, 4) is 0 Å². The number of hydrogen-bond acceptors (Lipinski definition) is 4. The van der Waals surface area contributed by atoms with Gasteiger partial charge in [0.2, 0.25) is 0 Å². The average Bonchev–Trinajstić information content (AvgIpc) is 2.37. The largest absolute Gasteiger partial charge is 0.390 e. The molecule has 1 aliphatic heterocycles. The van der Waals surface area contributed by atoms with Crippen molar-refractivity contribution in [1.82, 2.24) is 0 Å². The molecule has 4 nitrogen and oxygen atoms in total. The third-order valence-corrected chi connectivity index (χ3v) is 3.61. The van der Waals surface area contributed by atoms with E-state index in [1.54, 1.807) is 0 Å². The van der Waals surface area contributed by atoms with E-state index in [0.29, 0.717) is 26.2 Å². The lowest BCUT2D eigenvalue weighted by Gasteiger charge is -2.33. The molecule has 1 N–H and O–H groups in total. The van der Waals surface area contributed by atoms with Gasteiger partial charge in [0.05, 0.1) is 37.6 Å². The molecular formula is C14H28O4. The first kappa shape index (κ1) is 15.9. The van der Waals surface area contributed by atoms with Gasteiger partial charge >= 0.3 is 0 Å². The van der Waals surface area contributed by atoms with Crippen LogP contribution >= 0.6 is 0 Å². The summed E-state index contributed by atoms with van der Waals surface area (Å²) in [6, 6.07) is 0. The maximum Gasteiger partial charge on any atom is 0.104 e. The maximum atomic E-state index is 9.99. The van der Waals surface area contributed by atoms with E-state index in [2.05, 4.69) is 13.8 Å². The van der Waals surface area contributed by atoms with E-state index in [0.717, 1.165) is 12.8 Å². The summed E-state index contributed by atoms with van der Waals surface area (Å²) in [7, 11) is 0. The van der Waals surface area contributed by atoms with Crippen molar-refractivity contribution in [2.75, 3.05) is 19.8 Å². The van der Waals surface area contributed by atoms with Gasteiger partial charge in [-0.1, -0.05) is 13.8 Å². The van der Waals surface area contributed by atoms with Gasteiger partial charge in [-0.3, -0.25) is 0 Å². The zero-order chi connectivity index (χ0) is 13.6. The molecule has 0 spiro atoms. The average molecular weight is 260 g/mol. The predicted octanol–water partition coefficient (Wildman–Crippen LogP) is 2.14. The van der Waals surface area contributed by atoms with Gasteiger partial charge in [0.1, 0.15) is 6.10 Å². The number of ether oxygens (including phenoxy) is 3. The second-order valence-corrected chi connectivity index (χ2v) is 5.52. The van der Waals surface area contributed by atoms with E-state index >= 15 is 0 Å². The van der Waals surface area contributed by atoms with E-state index in [-0.39, 0.29) is 18.3 Å². The van der Waals surface area contributed by atoms with Crippen LogP contribution in [0.1, 0.15) is 47.0 Å². The minimum Gasteiger partial charge on any atom is -0.390 e. The molecule has 18 heavy (non-hydrogen) atoms. The summed E-state index contributed by atoms with van der Waals surface area (Å²) in [6.45, 7) is 9.68. The Balaban J connectivity index is 2.20. The minimum atomic E-state index is -0.659. The van der Waals surface area contributed by atoms with E-state index in [1.807, 2.05) is 13.8 Å². The van der Waals surface area contributed by atoms with Crippen molar-refractivity contribution in [1.29, 1.82) is 0 Å². The Morgan fingerprint density at radius 3 is 2.39 bits per heavy atom. The van der Waals surface area contributed by atoms with E-state index in [4.69, 9.17) is 14.2 Å².